The molecular weight excluding hydrogens is 208 g/mol. The first-order valence-electron chi connectivity index (χ1n) is 7.79. The van der Waals surface area contributed by atoms with Gasteiger partial charge >= 0.3 is 0 Å². The first-order valence-corrected chi connectivity index (χ1v) is 7.79. The van der Waals surface area contributed by atoms with Crippen molar-refractivity contribution < 1.29 is 0 Å². The summed E-state index contributed by atoms with van der Waals surface area (Å²) in [6.07, 6.45) is 9.87. The third-order valence-corrected chi connectivity index (χ3v) is 3.97. The van der Waals surface area contributed by atoms with Crippen molar-refractivity contribution in [1.82, 2.24) is 10.2 Å². The largest absolute Gasteiger partial charge is 0.317 e. The second kappa shape index (κ2) is 9.90. The van der Waals surface area contributed by atoms with Crippen LogP contribution in [0.25, 0.3) is 0 Å². The Morgan fingerprint density at radius 1 is 1.12 bits per heavy atom. The SMILES string of the molecule is CCCC1CCCN(CCCCNCC)CC1. The molecule has 0 aromatic carbocycles. The van der Waals surface area contributed by atoms with Gasteiger partial charge in [-0.15, -0.1) is 0 Å². The fourth-order valence-electron chi connectivity index (χ4n) is 2.91. The van der Waals surface area contributed by atoms with Crippen LogP contribution < -0.4 is 5.32 Å². The van der Waals surface area contributed by atoms with Crippen LogP contribution in [0.1, 0.15) is 58.8 Å². The van der Waals surface area contributed by atoms with Crippen LogP contribution in [0.4, 0.5) is 0 Å². The Labute approximate surface area is 108 Å². The van der Waals surface area contributed by atoms with Gasteiger partial charge in [0, 0.05) is 0 Å². The van der Waals surface area contributed by atoms with Crippen LogP contribution in [0, 0.1) is 5.92 Å². The third-order valence-electron chi connectivity index (χ3n) is 3.97. The van der Waals surface area contributed by atoms with E-state index in [9.17, 15) is 0 Å². The summed E-state index contributed by atoms with van der Waals surface area (Å²) in [4.78, 5) is 2.70. The summed E-state index contributed by atoms with van der Waals surface area (Å²) in [5.41, 5.74) is 0. The second-order valence-electron chi connectivity index (χ2n) is 5.49. The second-order valence-corrected chi connectivity index (χ2v) is 5.49. The van der Waals surface area contributed by atoms with Gasteiger partial charge < -0.3 is 10.2 Å². The van der Waals surface area contributed by atoms with E-state index in [0.29, 0.717) is 0 Å². The highest BCUT2D eigenvalue weighted by Crippen LogP contribution is 2.21. The van der Waals surface area contributed by atoms with Crippen LogP contribution in [0.5, 0.6) is 0 Å². The molecule has 2 nitrogen and oxygen atoms in total. The van der Waals surface area contributed by atoms with Crippen molar-refractivity contribution >= 4 is 0 Å². The fraction of sp³-hybridized carbons (Fsp3) is 1.00. The minimum Gasteiger partial charge on any atom is -0.317 e. The number of rotatable bonds is 8. The summed E-state index contributed by atoms with van der Waals surface area (Å²) in [5.74, 6) is 1.02. The van der Waals surface area contributed by atoms with Gasteiger partial charge in [0.05, 0.1) is 0 Å². The monoisotopic (exact) mass is 240 g/mol. The molecule has 0 amide bonds. The average molecular weight is 240 g/mol. The van der Waals surface area contributed by atoms with Gasteiger partial charge in [-0.25, -0.2) is 0 Å². The fourth-order valence-corrected chi connectivity index (χ4v) is 2.91. The van der Waals surface area contributed by atoms with Crippen molar-refractivity contribution in [3.8, 4) is 0 Å². The Bertz CT molecular complexity index is 170. The van der Waals surface area contributed by atoms with Crippen molar-refractivity contribution in [2.75, 3.05) is 32.7 Å². The van der Waals surface area contributed by atoms with Crippen LogP contribution in [0.2, 0.25) is 0 Å². The molecule has 0 aromatic rings. The predicted octanol–water partition coefficient (Wildman–Crippen LogP) is 3.28. The number of nitrogens with zero attached hydrogens (tertiary/aromatic N) is 1. The molecule has 0 aromatic heterocycles. The van der Waals surface area contributed by atoms with Gasteiger partial charge in [-0.3, -0.25) is 0 Å². The highest BCUT2D eigenvalue weighted by Gasteiger charge is 2.15. The lowest BCUT2D eigenvalue weighted by Crippen LogP contribution is -2.26. The molecule has 0 saturated carbocycles. The van der Waals surface area contributed by atoms with E-state index in [4.69, 9.17) is 0 Å². The Balaban J connectivity index is 2.05. The normalized spacial score (nSPS) is 22.6. The zero-order valence-electron chi connectivity index (χ0n) is 12.0. The minimum absolute atomic E-state index is 1.02. The highest BCUT2D eigenvalue weighted by molar-refractivity contribution is 4.70. The smallest absolute Gasteiger partial charge is 0.00161 e. The van der Waals surface area contributed by atoms with E-state index in [1.165, 1.54) is 71.1 Å². The highest BCUT2D eigenvalue weighted by atomic mass is 15.1. The first kappa shape index (κ1) is 15.0. The molecule has 0 aliphatic carbocycles. The van der Waals surface area contributed by atoms with Gasteiger partial charge in [0.1, 0.15) is 0 Å². The zero-order valence-corrected chi connectivity index (χ0v) is 12.0. The molecule has 2 heteroatoms. The summed E-state index contributed by atoms with van der Waals surface area (Å²) in [6, 6.07) is 0. The summed E-state index contributed by atoms with van der Waals surface area (Å²) in [5, 5.41) is 3.40. The lowest BCUT2D eigenvalue weighted by atomic mass is 9.96. The van der Waals surface area contributed by atoms with Crippen molar-refractivity contribution in [3.05, 3.63) is 0 Å². The number of hydrogen-bond acceptors (Lipinski definition) is 2. The average Bonchev–Trinajstić information content (AvgIpc) is 2.55. The lowest BCUT2D eigenvalue weighted by molar-refractivity contribution is 0.273. The van der Waals surface area contributed by atoms with Gasteiger partial charge in [0.15, 0.2) is 0 Å². The molecule has 1 N–H and O–H groups in total. The molecule has 0 radical (unpaired) electrons. The quantitative estimate of drug-likeness (QED) is 0.655. The van der Waals surface area contributed by atoms with Crippen molar-refractivity contribution in [1.29, 1.82) is 0 Å². The van der Waals surface area contributed by atoms with Crippen LogP contribution in [-0.2, 0) is 0 Å². The molecule has 1 aliphatic rings. The van der Waals surface area contributed by atoms with Crippen molar-refractivity contribution in [2.24, 2.45) is 5.92 Å². The molecule has 1 rings (SSSR count). The Hall–Kier alpha value is -0.0800. The molecule has 1 saturated heterocycles. The van der Waals surface area contributed by atoms with E-state index in [1.807, 2.05) is 0 Å². The van der Waals surface area contributed by atoms with Crippen molar-refractivity contribution in [2.45, 2.75) is 58.8 Å². The molecule has 1 atom stereocenters. The van der Waals surface area contributed by atoms with Gasteiger partial charge in [0.2, 0.25) is 0 Å². The first-order chi connectivity index (χ1) is 8.36. The summed E-state index contributed by atoms with van der Waals surface area (Å²) < 4.78 is 0. The zero-order chi connectivity index (χ0) is 12.3. The minimum atomic E-state index is 1.02. The van der Waals surface area contributed by atoms with Gasteiger partial charge in [0.25, 0.3) is 0 Å². The topological polar surface area (TPSA) is 15.3 Å². The van der Waals surface area contributed by atoms with Crippen molar-refractivity contribution in [3.63, 3.8) is 0 Å². The molecule has 1 aliphatic heterocycles. The molecule has 17 heavy (non-hydrogen) atoms. The molecule has 1 heterocycles. The molecule has 0 bridgehead atoms. The summed E-state index contributed by atoms with van der Waals surface area (Å²) >= 11 is 0. The summed E-state index contributed by atoms with van der Waals surface area (Å²) in [7, 11) is 0. The van der Waals surface area contributed by atoms with E-state index in [1.54, 1.807) is 0 Å². The molecule has 1 fully saturated rings. The summed E-state index contributed by atoms with van der Waals surface area (Å²) in [6.45, 7) is 10.8. The van der Waals surface area contributed by atoms with Gasteiger partial charge in [-0.1, -0.05) is 26.7 Å². The van der Waals surface area contributed by atoms with Crippen LogP contribution in [0.15, 0.2) is 0 Å². The van der Waals surface area contributed by atoms with Gasteiger partial charge in [-0.2, -0.15) is 0 Å². The number of nitrogens with one attached hydrogen (secondary N) is 1. The number of hydrogen-bond donors (Lipinski definition) is 1. The molecular formula is C15H32N2. The predicted molar refractivity (Wildman–Crippen MR) is 76.5 cm³/mol. The maximum Gasteiger partial charge on any atom is -0.00161 e. The molecule has 102 valence electrons. The number of likely N-dealkylation sites (tertiary alicyclic amines) is 1. The molecule has 1 unspecified atom stereocenters. The Morgan fingerprint density at radius 2 is 2.00 bits per heavy atom. The third kappa shape index (κ3) is 7.05. The Kier molecular flexibility index (Phi) is 8.72. The lowest BCUT2D eigenvalue weighted by Gasteiger charge is -2.20. The van der Waals surface area contributed by atoms with E-state index >= 15 is 0 Å². The standard InChI is InChI=1S/C15H32N2/c1-3-8-15-9-7-13-17(14-10-15)12-6-5-11-16-4-2/h15-16H,3-14H2,1-2H3. The maximum atomic E-state index is 3.40. The van der Waals surface area contributed by atoms with Gasteiger partial charge in [-0.05, 0) is 70.7 Å². The van der Waals surface area contributed by atoms with E-state index in [-0.39, 0.29) is 0 Å². The molecule has 0 spiro atoms. The number of unbranched alkanes of at least 4 members (excludes halogenated alkanes) is 1. The van der Waals surface area contributed by atoms with E-state index < -0.39 is 0 Å². The van der Waals surface area contributed by atoms with Crippen LogP contribution >= 0.6 is 0 Å². The maximum absolute atomic E-state index is 3.40. The van der Waals surface area contributed by atoms with Crippen LogP contribution in [-0.4, -0.2) is 37.6 Å². The van der Waals surface area contributed by atoms with E-state index in [0.717, 1.165) is 12.5 Å². The van der Waals surface area contributed by atoms with Crippen LogP contribution in [0.3, 0.4) is 0 Å². The Morgan fingerprint density at radius 3 is 2.76 bits per heavy atom. The van der Waals surface area contributed by atoms with E-state index in [2.05, 4.69) is 24.1 Å².